The zero-order valence-electron chi connectivity index (χ0n) is 8.69. The maximum atomic E-state index is 11.7. The SMILES string of the molecule is C[C@@H]1C[C@H]1C(=O)[C@H](C#N)C(=O)NC1CC1. The van der Waals surface area contributed by atoms with Crippen LogP contribution >= 0.6 is 0 Å². The van der Waals surface area contributed by atoms with Crippen LogP contribution in [0.15, 0.2) is 0 Å². The molecule has 2 fully saturated rings. The molecule has 0 saturated heterocycles. The summed E-state index contributed by atoms with van der Waals surface area (Å²) in [5.74, 6) is -1.38. The van der Waals surface area contributed by atoms with Gasteiger partial charge < -0.3 is 5.32 Å². The van der Waals surface area contributed by atoms with Gasteiger partial charge in [0.1, 0.15) is 0 Å². The van der Waals surface area contributed by atoms with Gasteiger partial charge in [-0.15, -0.1) is 0 Å². The fraction of sp³-hybridized carbons (Fsp3) is 0.727. The lowest BCUT2D eigenvalue weighted by Crippen LogP contribution is -2.36. The first kappa shape index (κ1) is 10.2. The fourth-order valence-corrected chi connectivity index (χ4v) is 1.70. The van der Waals surface area contributed by atoms with Crippen molar-refractivity contribution < 1.29 is 9.59 Å². The van der Waals surface area contributed by atoms with E-state index in [2.05, 4.69) is 5.32 Å². The number of carbonyl (C=O) groups is 2. The Morgan fingerprint density at radius 3 is 2.47 bits per heavy atom. The highest BCUT2D eigenvalue weighted by atomic mass is 16.2. The average Bonchev–Trinajstić information content (AvgIpc) is 3.05. The lowest BCUT2D eigenvalue weighted by Gasteiger charge is -2.07. The van der Waals surface area contributed by atoms with E-state index in [1.807, 2.05) is 13.0 Å². The first-order valence-corrected chi connectivity index (χ1v) is 5.37. The summed E-state index contributed by atoms with van der Waals surface area (Å²) in [7, 11) is 0. The standard InChI is InChI=1S/C11H14N2O2/c1-6-4-8(6)10(14)9(5-12)11(15)13-7-2-3-7/h6-9H,2-4H2,1H3,(H,13,15)/t6-,8-,9+/m1/s1. The van der Waals surface area contributed by atoms with Crippen molar-refractivity contribution in [3.8, 4) is 6.07 Å². The molecule has 0 heterocycles. The summed E-state index contributed by atoms with van der Waals surface area (Å²) < 4.78 is 0. The molecule has 0 radical (unpaired) electrons. The third-order valence-corrected chi connectivity index (χ3v) is 3.07. The number of hydrogen-bond acceptors (Lipinski definition) is 3. The van der Waals surface area contributed by atoms with Crippen LogP contribution in [0.1, 0.15) is 26.2 Å². The monoisotopic (exact) mass is 206 g/mol. The van der Waals surface area contributed by atoms with E-state index in [4.69, 9.17) is 5.26 Å². The smallest absolute Gasteiger partial charge is 0.245 e. The topological polar surface area (TPSA) is 70.0 Å². The van der Waals surface area contributed by atoms with Crippen LogP contribution in [0.25, 0.3) is 0 Å². The highest BCUT2D eigenvalue weighted by molar-refractivity contribution is 6.06. The van der Waals surface area contributed by atoms with Crippen LogP contribution in [0.3, 0.4) is 0 Å². The van der Waals surface area contributed by atoms with Gasteiger partial charge in [-0.3, -0.25) is 9.59 Å². The Morgan fingerprint density at radius 2 is 2.07 bits per heavy atom. The summed E-state index contributed by atoms with van der Waals surface area (Å²) in [4.78, 5) is 23.3. The molecule has 0 aromatic heterocycles. The Morgan fingerprint density at radius 1 is 1.47 bits per heavy atom. The predicted octanol–water partition coefficient (Wildman–Crippen LogP) is 0.630. The molecule has 3 atom stereocenters. The maximum absolute atomic E-state index is 11.7. The molecule has 80 valence electrons. The number of nitrogens with one attached hydrogen (secondary N) is 1. The van der Waals surface area contributed by atoms with Crippen LogP contribution in [0.4, 0.5) is 0 Å². The van der Waals surface area contributed by atoms with E-state index in [0.29, 0.717) is 5.92 Å². The van der Waals surface area contributed by atoms with Crippen molar-refractivity contribution in [2.45, 2.75) is 32.2 Å². The third kappa shape index (κ3) is 2.17. The third-order valence-electron chi connectivity index (χ3n) is 3.07. The summed E-state index contributed by atoms with van der Waals surface area (Å²) in [5.41, 5.74) is 0. The molecule has 0 aromatic rings. The van der Waals surface area contributed by atoms with Crippen molar-refractivity contribution in [1.29, 1.82) is 5.26 Å². The molecule has 1 amide bonds. The fourth-order valence-electron chi connectivity index (χ4n) is 1.70. The molecular weight excluding hydrogens is 192 g/mol. The molecule has 2 aliphatic carbocycles. The number of Topliss-reactive ketones (excluding diaryl/α,β-unsaturated/α-hetero) is 1. The van der Waals surface area contributed by atoms with E-state index in [0.717, 1.165) is 19.3 Å². The van der Waals surface area contributed by atoms with Gasteiger partial charge in [-0.05, 0) is 25.2 Å². The molecular formula is C11H14N2O2. The summed E-state index contributed by atoms with van der Waals surface area (Å²) in [6.07, 6.45) is 2.77. The van der Waals surface area contributed by atoms with E-state index in [9.17, 15) is 9.59 Å². The summed E-state index contributed by atoms with van der Waals surface area (Å²) in [6, 6.07) is 2.02. The lowest BCUT2D eigenvalue weighted by atomic mass is 10.00. The minimum absolute atomic E-state index is 0.0559. The van der Waals surface area contributed by atoms with Crippen LogP contribution in [-0.4, -0.2) is 17.7 Å². The van der Waals surface area contributed by atoms with Crippen LogP contribution in [0.2, 0.25) is 0 Å². The second-order valence-electron chi connectivity index (χ2n) is 4.57. The lowest BCUT2D eigenvalue weighted by molar-refractivity contribution is -0.132. The van der Waals surface area contributed by atoms with Gasteiger partial charge in [0, 0.05) is 12.0 Å². The van der Waals surface area contributed by atoms with Crippen molar-refractivity contribution in [2.24, 2.45) is 17.8 Å². The van der Waals surface area contributed by atoms with Gasteiger partial charge in [-0.2, -0.15) is 5.26 Å². The molecule has 2 rings (SSSR count). The quantitative estimate of drug-likeness (QED) is 0.686. The number of ketones is 1. The average molecular weight is 206 g/mol. The Balaban J connectivity index is 1.93. The molecule has 1 N–H and O–H groups in total. The Kier molecular flexibility index (Phi) is 2.47. The Hall–Kier alpha value is -1.37. The second kappa shape index (κ2) is 3.65. The normalized spacial score (nSPS) is 30.1. The second-order valence-corrected chi connectivity index (χ2v) is 4.57. The van der Waals surface area contributed by atoms with E-state index in [1.165, 1.54) is 0 Å². The van der Waals surface area contributed by atoms with E-state index >= 15 is 0 Å². The van der Waals surface area contributed by atoms with Crippen molar-refractivity contribution >= 4 is 11.7 Å². The Labute approximate surface area is 88.6 Å². The molecule has 0 unspecified atom stereocenters. The summed E-state index contributed by atoms with van der Waals surface area (Å²) >= 11 is 0. The molecule has 0 spiro atoms. The van der Waals surface area contributed by atoms with E-state index in [1.54, 1.807) is 0 Å². The summed E-state index contributed by atoms with van der Waals surface area (Å²) in [6.45, 7) is 1.97. The van der Waals surface area contributed by atoms with E-state index < -0.39 is 11.8 Å². The number of carbonyl (C=O) groups excluding carboxylic acids is 2. The van der Waals surface area contributed by atoms with Crippen molar-refractivity contribution in [3.63, 3.8) is 0 Å². The predicted molar refractivity (Wildman–Crippen MR) is 52.5 cm³/mol. The first-order chi connectivity index (χ1) is 7.13. The van der Waals surface area contributed by atoms with Gasteiger partial charge >= 0.3 is 0 Å². The number of nitrogens with zero attached hydrogens (tertiary/aromatic N) is 1. The van der Waals surface area contributed by atoms with Gasteiger partial charge in [-0.1, -0.05) is 6.92 Å². The van der Waals surface area contributed by atoms with Crippen LogP contribution in [-0.2, 0) is 9.59 Å². The highest BCUT2D eigenvalue weighted by Gasteiger charge is 2.45. The first-order valence-electron chi connectivity index (χ1n) is 5.37. The molecule has 4 heteroatoms. The molecule has 15 heavy (non-hydrogen) atoms. The van der Waals surface area contributed by atoms with Gasteiger partial charge in [0.25, 0.3) is 0 Å². The van der Waals surface area contributed by atoms with Crippen molar-refractivity contribution in [1.82, 2.24) is 5.32 Å². The van der Waals surface area contributed by atoms with E-state index in [-0.39, 0.29) is 17.7 Å². The van der Waals surface area contributed by atoms with Gasteiger partial charge in [-0.25, -0.2) is 0 Å². The molecule has 2 aliphatic rings. The van der Waals surface area contributed by atoms with Crippen molar-refractivity contribution in [2.75, 3.05) is 0 Å². The highest BCUT2D eigenvalue weighted by Crippen LogP contribution is 2.40. The number of amides is 1. The maximum Gasteiger partial charge on any atom is 0.245 e. The molecule has 4 nitrogen and oxygen atoms in total. The van der Waals surface area contributed by atoms with Gasteiger partial charge in [0.05, 0.1) is 6.07 Å². The van der Waals surface area contributed by atoms with Crippen LogP contribution in [0.5, 0.6) is 0 Å². The van der Waals surface area contributed by atoms with Gasteiger partial charge in [0.15, 0.2) is 11.7 Å². The molecule has 2 saturated carbocycles. The van der Waals surface area contributed by atoms with Crippen LogP contribution in [0, 0.1) is 29.1 Å². The minimum atomic E-state index is -1.08. The zero-order valence-corrected chi connectivity index (χ0v) is 8.69. The zero-order chi connectivity index (χ0) is 11.0. The minimum Gasteiger partial charge on any atom is -0.352 e. The van der Waals surface area contributed by atoms with Crippen LogP contribution < -0.4 is 5.32 Å². The number of hydrogen-bond donors (Lipinski definition) is 1. The largest absolute Gasteiger partial charge is 0.352 e. The molecule has 0 aliphatic heterocycles. The van der Waals surface area contributed by atoms with Crippen molar-refractivity contribution in [3.05, 3.63) is 0 Å². The molecule has 0 aromatic carbocycles. The Bertz CT molecular complexity index is 341. The number of rotatable bonds is 4. The number of nitriles is 1. The molecule has 0 bridgehead atoms. The summed E-state index contributed by atoms with van der Waals surface area (Å²) in [5, 5.41) is 11.5. The van der Waals surface area contributed by atoms with Gasteiger partial charge in [0.2, 0.25) is 5.91 Å².